The summed E-state index contributed by atoms with van der Waals surface area (Å²) in [5.41, 5.74) is 1.54. The van der Waals surface area contributed by atoms with Crippen molar-refractivity contribution in [2.75, 3.05) is 26.2 Å². The Morgan fingerprint density at radius 1 is 0.893 bits per heavy atom. The van der Waals surface area contributed by atoms with Crippen molar-refractivity contribution in [3.63, 3.8) is 0 Å². The van der Waals surface area contributed by atoms with E-state index in [2.05, 4.69) is 0 Å². The number of halogens is 2. The molecular formula is C21H18F2N2O3. The number of carbonyl (C=O) groups excluding carboxylic acids is 2. The number of furan rings is 1. The average molecular weight is 384 g/mol. The molecule has 1 fully saturated rings. The molecule has 0 bridgehead atoms. The Morgan fingerprint density at radius 3 is 2.18 bits per heavy atom. The molecular weight excluding hydrogens is 366 g/mol. The van der Waals surface area contributed by atoms with Crippen molar-refractivity contribution >= 4 is 22.8 Å². The number of hydrogen-bond donors (Lipinski definition) is 0. The van der Waals surface area contributed by atoms with E-state index >= 15 is 0 Å². The molecule has 0 saturated carbocycles. The predicted molar refractivity (Wildman–Crippen MR) is 99.1 cm³/mol. The second-order valence-corrected chi connectivity index (χ2v) is 6.77. The van der Waals surface area contributed by atoms with E-state index in [1.54, 1.807) is 4.90 Å². The molecule has 2 heterocycles. The van der Waals surface area contributed by atoms with Gasteiger partial charge in [-0.1, -0.05) is 18.2 Å². The van der Waals surface area contributed by atoms with Gasteiger partial charge in [0.1, 0.15) is 5.58 Å². The lowest BCUT2D eigenvalue weighted by Gasteiger charge is -2.34. The van der Waals surface area contributed by atoms with E-state index in [1.807, 2.05) is 31.2 Å². The van der Waals surface area contributed by atoms with Crippen LogP contribution in [0.1, 0.15) is 26.5 Å². The molecule has 1 aliphatic rings. The van der Waals surface area contributed by atoms with Crippen LogP contribution in [-0.2, 0) is 0 Å². The highest BCUT2D eigenvalue weighted by molar-refractivity contribution is 5.99. The van der Waals surface area contributed by atoms with Gasteiger partial charge < -0.3 is 14.2 Å². The molecule has 0 spiro atoms. The number of piperazine rings is 1. The summed E-state index contributed by atoms with van der Waals surface area (Å²) in [5.74, 6) is -2.34. The predicted octanol–water partition coefficient (Wildman–Crippen LogP) is 3.62. The van der Waals surface area contributed by atoms with Crippen molar-refractivity contribution in [3.8, 4) is 0 Å². The topological polar surface area (TPSA) is 53.8 Å². The summed E-state index contributed by atoms with van der Waals surface area (Å²) in [6.07, 6.45) is 0. The lowest BCUT2D eigenvalue weighted by molar-refractivity contribution is 0.0518. The van der Waals surface area contributed by atoms with Gasteiger partial charge in [-0.3, -0.25) is 9.59 Å². The van der Waals surface area contributed by atoms with Gasteiger partial charge in [0.2, 0.25) is 0 Å². The van der Waals surface area contributed by atoms with Crippen LogP contribution >= 0.6 is 0 Å². The summed E-state index contributed by atoms with van der Waals surface area (Å²) < 4.78 is 32.2. The van der Waals surface area contributed by atoms with Crippen LogP contribution in [0.25, 0.3) is 11.0 Å². The standard InChI is InChI=1S/C21H18F2N2O3/c1-13-15-4-2-3-5-18(15)28-19(13)21(27)25-10-8-24(9-11-25)20(26)14-6-7-16(22)17(23)12-14/h2-7,12H,8-11H2,1H3. The smallest absolute Gasteiger partial charge is 0.290 e. The third kappa shape index (κ3) is 3.13. The van der Waals surface area contributed by atoms with Crippen LogP contribution in [0.3, 0.4) is 0 Å². The van der Waals surface area contributed by atoms with Gasteiger partial charge in [0, 0.05) is 42.7 Å². The Labute approximate surface area is 160 Å². The number of para-hydroxylation sites is 1. The van der Waals surface area contributed by atoms with Crippen LogP contribution in [-0.4, -0.2) is 47.8 Å². The van der Waals surface area contributed by atoms with Crippen molar-refractivity contribution < 1.29 is 22.8 Å². The second-order valence-electron chi connectivity index (χ2n) is 6.77. The number of nitrogens with zero attached hydrogens (tertiary/aromatic N) is 2. The van der Waals surface area contributed by atoms with Crippen molar-refractivity contribution in [1.82, 2.24) is 9.80 Å². The highest BCUT2D eigenvalue weighted by atomic mass is 19.2. The molecule has 0 radical (unpaired) electrons. The fraction of sp³-hybridized carbons (Fsp3) is 0.238. The molecule has 4 rings (SSSR count). The first-order valence-corrected chi connectivity index (χ1v) is 8.97. The quantitative estimate of drug-likeness (QED) is 0.678. The summed E-state index contributed by atoms with van der Waals surface area (Å²) in [4.78, 5) is 28.5. The molecule has 28 heavy (non-hydrogen) atoms. The van der Waals surface area contributed by atoms with E-state index in [9.17, 15) is 18.4 Å². The molecule has 1 saturated heterocycles. The minimum atomic E-state index is -1.06. The van der Waals surface area contributed by atoms with Gasteiger partial charge in [0.25, 0.3) is 11.8 Å². The first-order chi connectivity index (χ1) is 13.5. The van der Waals surface area contributed by atoms with Crippen LogP contribution < -0.4 is 0 Å². The van der Waals surface area contributed by atoms with Crippen LogP contribution in [0, 0.1) is 18.6 Å². The van der Waals surface area contributed by atoms with Crippen LogP contribution in [0.2, 0.25) is 0 Å². The van der Waals surface area contributed by atoms with Crippen LogP contribution in [0.5, 0.6) is 0 Å². The van der Waals surface area contributed by atoms with Gasteiger partial charge in [-0.2, -0.15) is 0 Å². The Hall–Kier alpha value is -3.22. The van der Waals surface area contributed by atoms with E-state index in [0.29, 0.717) is 37.5 Å². The van der Waals surface area contributed by atoms with E-state index < -0.39 is 11.6 Å². The van der Waals surface area contributed by atoms with Crippen molar-refractivity contribution in [3.05, 3.63) is 71.0 Å². The number of benzene rings is 2. The van der Waals surface area contributed by atoms with Crippen molar-refractivity contribution in [1.29, 1.82) is 0 Å². The fourth-order valence-electron chi connectivity index (χ4n) is 3.45. The summed E-state index contributed by atoms with van der Waals surface area (Å²) in [5, 5.41) is 0.901. The zero-order valence-corrected chi connectivity index (χ0v) is 15.2. The third-order valence-electron chi connectivity index (χ3n) is 5.06. The van der Waals surface area contributed by atoms with E-state index in [-0.39, 0.29) is 17.4 Å². The zero-order chi connectivity index (χ0) is 19.8. The third-order valence-corrected chi connectivity index (χ3v) is 5.06. The van der Waals surface area contributed by atoms with Crippen molar-refractivity contribution in [2.24, 2.45) is 0 Å². The van der Waals surface area contributed by atoms with E-state index in [0.717, 1.165) is 23.1 Å². The number of hydrogen-bond acceptors (Lipinski definition) is 3. The molecule has 2 amide bonds. The Bertz CT molecular complexity index is 1070. The van der Waals surface area contributed by atoms with Gasteiger partial charge in [0.15, 0.2) is 17.4 Å². The average Bonchev–Trinajstić information content (AvgIpc) is 3.06. The van der Waals surface area contributed by atoms with E-state index in [1.165, 1.54) is 11.0 Å². The lowest BCUT2D eigenvalue weighted by Crippen LogP contribution is -2.50. The normalized spacial score (nSPS) is 14.5. The van der Waals surface area contributed by atoms with Crippen LogP contribution in [0.4, 0.5) is 8.78 Å². The SMILES string of the molecule is Cc1c(C(=O)N2CCN(C(=O)c3ccc(F)c(F)c3)CC2)oc2ccccc12. The highest BCUT2D eigenvalue weighted by Gasteiger charge is 2.28. The van der Waals surface area contributed by atoms with Gasteiger partial charge in [-0.15, -0.1) is 0 Å². The number of fused-ring (bicyclic) bond motifs is 1. The molecule has 5 nitrogen and oxygen atoms in total. The summed E-state index contributed by atoms with van der Waals surface area (Å²) in [6, 6.07) is 10.6. The molecule has 7 heteroatoms. The maximum Gasteiger partial charge on any atom is 0.290 e. The number of carbonyl (C=O) groups is 2. The van der Waals surface area contributed by atoms with Gasteiger partial charge in [-0.25, -0.2) is 8.78 Å². The van der Waals surface area contributed by atoms with Crippen LogP contribution in [0.15, 0.2) is 46.9 Å². The minimum Gasteiger partial charge on any atom is -0.451 e. The summed E-state index contributed by atoms with van der Waals surface area (Å²) >= 11 is 0. The molecule has 0 aliphatic carbocycles. The number of rotatable bonds is 2. The summed E-state index contributed by atoms with van der Waals surface area (Å²) in [7, 11) is 0. The Balaban J connectivity index is 1.46. The van der Waals surface area contributed by atoms with E-state index in [4.69, 9.17) is 4.42 Å². The molecule has 1 aliphatic heterocycles. The Kier molecular flexibility index (Phi) is 4.58. The van der Waals surface area contributed by atoms with Crippen molar-refractivity contribution in [2.45, 2.75) is 6.92 Å². The molecule has 0 unspecified atom stereocenters. The molecule has 144 valence electrons. The second kappa shape index (κ2) is 7.07. The summed E-state index contributed by atoms with van der Waals surface area (Å²) in [6.45, 7) is 3.14. The molecule has 1 aromatic heterocycles. The monoisotopic (exact) mass is 384 g/mol. The Morgan fingerprint density at radius 2 is 1.54 bits per heavy atom. The number of aryl methyl sites for hydroxylation is 1. The molecule has 2 aromatic carbocycles. The molecule has 0 atom stereocenters. The zero-order valence-electron chi connectivity index (χ0n) is 15.2. The largest absolute Gasteiger partial charge is 0.451 e. The van der Waals surface area contributed by atoms with Gasteiger partial charge in [-0.05, 0) is 31.2 Å². The molecule has 3 aromatic rings. The first kappa shape index (κ1) is 18.2. The highest BCUT2D eigenvalue weighted by Crippen LogP contribution is 2.26. The first-order valence-electron chi connectivity index (χ1n) is 8.97. The maximum absolute atomic E-state index is 13.4. The fourth-order valence-corrected chi connectivity index (χ4v) is 3.45. The van der Waals surface area contributed by atoms with Gasteiger partial charge in [0.05, 0.1) is 0 Å². The number of amides is 2. The van der Waals surface area contributed by atoms with Gasteiger partial charge >= 0.3 is 0 Å². The lowest BCUT2D eigenvalue weighted by atomic mass is 10.1. The molecule has 0 N–H and O–H groups in total. The minimum absolute atomic E-state index is 0.0896. The maximum atomic E-state index is 13.4.